The van der Waals surface area contributed by atoms with Gasteiger partial charge >= 0.3 is 0 Å². The molecule has 34 heavy (non-hydrogen) atoms. The molecule has 0 bridgehead atoms. The van der Waals surface area contributed by atoms with Gasteiger partial charge < -0.3 is 9.64 Å². The van der Waals surface area contributed by atoms with Crippen LogP contribution in [0.3, 0.4) is 0 Å². The van der Waals surface area contributed by atoms with Crippen molar-refractivity contribution in [2.75, 3.05) is 20.2 Å². The van der Waals surface area contributed by atoms with E-state index in [0.717, 1.165) is 35.2 Å². The molecule has 6 heteroatoms. The number of nitrogens with zero attached hydrogens (tertiary/aromatic N) is 1. The van der Waals surface area contributed by atoms with Crippen molar-refractivity contribution in [3.05, 3.63) is 94.5 Å². The minimum atomic E-state index is -0.426. The lowest BCUT2D eigenvalue weighted by molar-refractivity contribution is -0.137. The number of piperidine rings is 1. The normalized spacial score (nSPS) is 18.3. The molecule has 1 saturated heterocycles. The molecular formula is C28H25ClN2O3. The van der Waals surface area contributed by atoms with Gasteiger partial charge in [0, 0.05) is 31.5 Å². The van der Waals surface area contributed by atoms with Gasteiger partial charge in [0.25, 0.3) is 0 Å². The quantitative estimate of drug-likeness (QED) is 0.554. The average Bonchev–Trinajstić information content (AvgIpc) is 3.44. The van der Waals surface area contributed by atoms with Gasteiger partial charge in [0.2, 0.25) is 5.91 Å². The number of nitrogens with one attached hydrogen (secondary N) is 1. The van der Waals surface area contributed by atoms with Gasteiger partial charge in [-0.2, -0.15) is 0 Å². The van der Waals surface area contributed by atoms with Crippen molar-refractivity contribution >= 4 is 23.2 Å². The molecule has 1 aliphatic carbocycles. The highest BCUT2D eigenvalue weighted by Crippen LogP contribution is 2.46. The van der Waals surface area contributed by atoms with Crippen LogP contribution < -0.4 is 10.2 Å². The summed E-state index contributed by atoms with van der Waals surface area (Å²) in [7, 11) is 1.60. The first-order valence-electron chi connectivity index (χ1n) is 11.6. The van der Waals surface area contributed by atoms with Gasteiger partial charge in [-0.3, -0.25) is 15.1 Å². The third-order valence-corrected chi connectivity index (χ3v) is 7.55. The van der Waals surface area contributed by atoms with E-state index in [1.165, 1.54) is 11.1 Å². The number of hydroxylamine groups is 1. The number of carbonyl (C=O) groups excluding carboxylic acids is 1. The zero-order valence-electron chi connectivity index (χ0n) is 18.9. The summed E-state index contributed by atoms with van der Waals surface area (Å²) in [6.07, 6.45) is 3.60. The summed E-state index contributed by atoms with van der Waals surface area (Å²) in [6, 6.07) is 22.2. The number of hydrogen-bond donors (Lipinski definition) is 1. The molecule has 3 aromatic rings. The number of ether oxygens (including phenoxy) is 1. The van der Waals surface area contributed by atoms with E-state index < -0.39 is 5.60 Å². The lowest BCUT2D eigenvalue weighted by Gasteiger charge is -2.38. The molecule has 0 unspecified atom stereocenters. The van der Waals surface area contributed by atoms with Crippen molar-refractivity contribution in [1.29, 1.82) is 0 Å². The zero-order valence-corrected chi connectivity index (χ0v) is 19.6. The Labute approximate surface area is 203 Å². The lowest BCUT2D eigenvalue weighted by Crippen LogP contribution is -2.48. The minimum Gasteiger partial charge on any atom is -0.495 e. The van der Waals surface area contributed by atoms with Crippen LogP contribution in [0, 0.1) is 0 Å². The molecule has 0 atom stereocenters. The topological polar surface area (TPSA) is 50.8 Å². The summed E-state index contributed by atoms with van der Waals surface area (Å²) in [5, 5.41) is 0.572. The Balaban J connectivity index is 1.21. The van der Waals surface area contributed by atoms with Crippen LogP contribution in [0.2, 0.25) is 5.02 Å². The summed E-state index contributed by atoms with van der Waals surface area (Å²) in [5.74, 6) is 0.557. The third kappa shape index (κ3) is 3.39. The molecule has 0 radical (unpaired) electrons. The standard InChI is InChI=1S/C28H25ClN2O3/c1-33-25-16-18(10-11-23(25)29)24-17-28(34-30-24)12-14-31(15-13-28)27(32)26-21-8-4-2-6-19(21)20-7-3-5-9-22(20)26/h2-11,16-17,26,30H,12-15H2,1H3. The number of methoxy groups -OCH3 is 1. The van der Waals surface area contributed by atoms with Gasteiger partial charge in [-0.1, -0.05) is 66.2 Å². The lowest BCUT2D eigenvalue weighted by atomic mass is 9.88. The van der Waals surface area contributed by atoms with Gasteiger partial charge in [0.1, 0.15) is 11.4 Å². The van der Waals surface area contributed by atoms with E-state index in [0.29, 0.717) is 23.9 Å². The van der Waals surface area contributed by atoms with E-state index in [9.17, 15) is 4.79 Å². The first-order chi connectivity index (χ1) is 16.6. The monoisotopic (exact) mass is 472 g/mol. The number of carbonyl (C=O) groups is 1. The van der Waals surface area contributed by atoms with Crippen molar-refractivity contribution < 1.29 is 14.4 Å². The second-order valence-electron chi connectivity index (χ2n) is 9.11. The van der Waals surface area contributed by atoms with E-state index in [1.54, 1.807) is 7.11 Å². The maximum Gasteiger partial charge on any atom is 0.234 e. The van der Waals surface area contributed by atoms with Crippen molar-refractivity contribution in [3.63, 3.8) is 0 Å². The third-order valence-electron chi connectivity index (χ3n) is 7.24. The molecule has 2 heterocycles. The second kappa shape index (κ2) is 8.19. The van der Waals surface area contributed by atoms with Gasteiger partial charge in [0.15, 0.2) is 0 Å². The van der Waals surface area contributed by atoms with Crippen LogP contribution in [-0.2, 0) is 9.63 Å². The molecule has 172 valence electrons. The maximum absolute atomic E-state index is 13.7. The number of amides is 1. The molecule has 1 N–H and O–H groups in total. The van der Waals surface area contributed by atoms with Crippen molar-refractivity contribution in [2.45, 2.75) is 24.4 Å². The zero-order chi connectivity index (χ0) is 23.3. The van der Waals surface area contributed by atoms with Crippen LogP contribution in [0.1, 0.15) is 35.4 Å². The SMILES string of the molecule is COc1cc(C2=CC3(CCN(C(=O)C4c5ccccc5-c5ccccc54)CC3)ON2)ccc1Cl. The fourth-order valence-electron chi connectivity index (χ4n) is 5.40. The Hall–Kier alpha value is -3.28. The Morgan fingerprint density at radius 2 is 1.68 bits per heavy atom. The molecule has 1 spiro atoms. The van der Waals surface area contributed by atoms with Crippen LogP contribution in [0.25, 0.3) is 16.8 Å². The number of benzene rings is 3. The number of fused-ring (bicyclic) bond motifs is 3. The van der Waals surface area contributed by atoms with E-state index in [2.05, 4.69) is 35.8 Å². The molecule has 3 aromatic carbocycles. The molecule has 3 aliphatic rings. The molecule has 0 aromatic heterocycles. The molecule has 5 nitrogen and oxygen atoms in total. The van der Waals surface area contributed by atoms with Crippen LogP contribution in [0.15, 0.2) is 72.8 Å². The Morgan fingerprint density at radius 1 is 1.03 bits per heavy atom. The predicted molar refractivity (Wildman–Crippen MR) is 132 cm³/mol. The fraction of sp³-hybridized carbons (Fsp3) is 0.250. The minimum absolute atomic E-state index is 0.171. The summed E-state index contributed by atoms with van der Waals surface area (Å²) in [6.45, 7) is 1.30. The van der Waals surface area contributed by atoms with E-state index in [4.69, 9.17) is 21.2 Å². The molecule has 1 amide bonds. The van der Waals surface area contributed by atoms with E-state index in [1.807, 2.05) is 47.4 Å². The highest BCUT2D eigenvalue weighted by Gasteiger charge is 2.42. The summed E-state index contributed by atoms with van der Waals surface area (Å²) < 4.78 is 5.35. The highest BCUT2D eigenvalue weighted by molar-refractivity contribution is 6.32. The number of rotatable bonds is 3. The summed E-state index contributed by atoms with van der Waals surface area (Å²) >= 11 is 6.17. The number of hydrogen-bond acceptors (Lipinski definition) is 4. The van der Waals surface area contributed by atoms with Crippen LogP contribution in [0.4, 0.5) is 0 Å². The number of halogens is 1. The fourth-order valence-corrected chi connectivity index (χ4v) is 5.60. The predicted octanol–water partition coefficient (Wildman–Crippen LogP) is 5.40. The van der Waals surface area contributed by atoms with Crippen molar-refractivity contribution in [3.8, 4) is 16.9 Å². The number of likely N-dealkylation sites (tertiary alicyclic amines) is 1. The van der Waals surface area contributed by atoms with Gasteiger partial charge in [-0.15, -0.1) is 0 Å². The smallest absolute Gasteiger partial charge is 0.234 e. The van der Waals surface area contributed by atoms with Gasteiger partial charge in [0.05, 0.1) is 23.7 Å². The Morgan fingerprint density at radius 3 is 2.32 bits per heavy atom. The van der Waals surface area contributed by atoms with Crippen LogP contribution >= 0.6 is 11.6 Å². The first-order valence-corrected chi connectivity index (χ1v) is 11.9. The highest BCUT2D eigenvalue weighted by atomic mass is 35.5. The largest absolute Gasteiger partial charge is 0.495 e. The van der Waals surface area contributed by atoms with Gasteiger partial charge in [-0.25, -0.2) is 0 Å². The Bertz CT molecular complexity index is 1270. The first kappa shape index (κ1) is 21.3. The molecule has 1 fully saturated rings. The second-order valence-corrected chi connectivity index (χ2v) is 9.52. The van der Waals surface area contributed by atoms with Crippen LogP contribution in [0.5, 0.6) is 5.75 Å². The summed E-state index contributed by atoms with van der Waals surface area (Å²) in [4.78, 5) is 21.8. The van der Waals surface area contributed by atoms with Crippen molar-refractivity contribution in [1.82, 2.24) is 10.4 Å². The Kier molecular flexibility index (Phi) is 5.12. The molecule has 6 rings (SSSR count). The maximum atomic E-state index is 13.7. The summed E-state index contributed by atoms with van der Waals surface area (Å²) in [5.41, 5.74) is 9.05. The molecule has 2 aliphatic heterocycles. The van der Waals surface area contributed by atoms with E-state index in [-0.39, 0.29) is 11.8 Å². The molecule has 0 saturated carbocycles. The van der Waals surface area contributed by atoms with Crippen LogP contribution in [-0.4, -0.2) is 36.6 Å². The van der Waals surface area contributed by atoms with Gasteiger partial charge in [-0.05, 0) is 40.5 Å². The van der Waals surface area contributed by atoms with E-state index >= 15 is 0 Å². The average molecular weight is 473 g/mol. The molecular weight excluding hydrogens is 448 g/mol. The van der Waals surface area contributed by atoms with Crippen molar-refractivity contribution in [2.24, 2.45) is 0 Å².